The van der Waals surface area contributed by atoms with Crippen molar-refractivity contribution in [3.63, 3.8) is 0 Å². The number of carbonyl (C=O) groups is 1. The van der Waals surface area contributed by atoms with Gasteiger partial charge in [-0.3, -0.25) is 4.79 Å². The second-order valence-corrected chi connectivity index (χ2v) is 4.05. The number of aliphatic hydroxyl groups is 1. The van der Waals surface area contributed by atoms with Gasteiger partial charge in [-0.1, -0.05) is 17.9 Å². The smallest absolute Gasteiger partial charge is 0.256 e. The van der Waals surface area contributed by atoms with E-state index in [1.807, 2.05) is 13.0 Å². The molecule has 0 fully saturated rings. The predicted octanol–water partition coefficient (Wildman–Crippen LogP) is 1.38. The molecule has 100 valence electrons. The summed E-state index contributed by atoms with van der Waals surface area (Å²) in [6.45, 7) is 1.68. The molecule has 2 rings (SSSR count). The molecule has 2 N–H and O–H groups in total. The molecule has 0 saturated carbocycles. The molecule has 5 heteroatoms. The summed E-state index contributed by atoms with van der Waals surface area (Å²) in [7, 11) is 0. The zero-order valence-electron chi connectivity index (χ0n) is 10.9. The molecule has 0 aliphatic carbocycles. The Kier molecular flexibility index (Phi) is 4.43. The summed E-state index contributed by atoms with van der Waals surface area (Å²) in [5.74, 6) is 5.50. The van der Waals surface area contributed by atoms with Crippen molar-refractivity contribution in [3.8, 4) is 11.8 Å². The Labute approximate surface area is 116 Å². The third-order valence-corrected chi connectivity index (χ3v) is 2.62. The van der Waals surface area contributed by atoms with Gasteiger partial charge in [0.25, 0.3) is 5.91 Å². The molecule has 0 saturated heterocycles. The average molecular weight is 267 g/mol. The number of anilines is 1. The highest BCUT2D eigenvalue weighted by Gasteiger charge is 2.08. The normalized spacial score (nSPS) is 9.50. The van der Waals surface area contributed by atoms with E-state index in [9.17, 15) is 4.79 Å². The molecule has 0 aliphatic heterocycles. The fourth-order valence-corrected chi connectivity index (χ4v) is 1.59. The van der Waals surface area contributed by atoms with Crippen molar-refractivity contribution in [2.24, 2.45) is 0 Å². The van der Waals surface area contributed by atoms with Crippen molar-refractivity contribution in [2.75, 3.05) is 11.9 Å². The van der Waals surface area contributed by atoms with E-state index in [-0.39, 0.29) is 12.5 Å². The van der Waals surface area contributed by atoms with Gasteiger partial charge in [-0.15, -0.1) is 5.10 Å². The number of nitrogens with one attached hydrogen (secondary N) is 1. The zero-order valence-corrected chi connectivity index (χ0v) is 10.9. The fraction of sp³-hybridized carbons (Fsp3) is 0.133. The first-order valence-electron chi connectivity index (χ1n) is 6.00. The van der Waals surface area contributed by atoms with Crippen LogP contribution >= 0.6 is 0 Å². The first-order chi connectivity index (χ1) is 9.70. The molecule has 1 aromatic carbocycles. The standard InChI is InChI=1S/C15H13N3O2/c1-11-6-7-13(10-12(11)4-3-9-19)15(20)17-14-5-2-8-16-18-14/h2,5-8,10,19H,9H2,1H3,(H,17,18,20). The quantitative estimate of drug-likeness (QED) is 0.806. The summed E-state index contributed by atoms with van der Waals surface area (Å²) in [6.07, 6.45) is 1.53. The summed E-state index contributed by atoms with van der Waals surface area (Å²) in [6, 6.07) is 8.56. The van der Waals surface area contributed by atoms with Gasteiger partial charge in [-0.2, -0.15) is 5.10 Å². The largest absolute Gasteiger partial charge is 0.384 e. The minimum Gasteiger partial charge on any atom is -0.384 e. The van der Waals surface area contributed by atoms with Gasteiger partial charge in [0, 0.05) is 17.3 Å². The summed E-state index contributed by atoms with van der Waals surface area (Å²) in [5.41, 5.74) is 2.14. The van der Waals surface area contributed by atoms with Crippen LogP contribution in [0.1, 0.15) is 21.5 Å². The third kappa shape index (κ3) is 3.40. The Morgan fingerprint density at radius 2 is 2.25 bits per heavy atom. The highest BCUT2D eigenvalue weighted by atomic mass is 16.2. The van der Waals surface area contributed by atoms with Gasteiger partial charge in [0.05, 0.1) is 0 Å². The topological polar surface area (TPSA) is 75.1 Å². The van der Waals surface area contributed by atoms with Crippen molar-refractivity contribution >= 4 is 11.7 Å². The van der Waals surface area contributed by atoms with Crippen LogP contribution in [0.4, 0.5) is 5.82 Å². The molecule has 0 unspecified atom stereocenters. The number of aliphatic hydroxyl groups excluding tert-OH is 1. The number of aryl methyl sites for hydroxylation is 1. The Balaban J connectivity index is 2.22. The lowest BCUT2D eigenvalue weighted by Crippen LogP contribution is -2.13. The molecule has 1 heterocycles. The third-order valence-electron chi connectivity index (χ3n) is 2.62. The van der Waals surface area contributed by atoms with Crippen LogP contribution in [0.15, 0.2) is 36.5 Å². The van der Waals surface area contributed by atoms with Crippen molar-refractivity contribution in [1.29, 1.82) is 0 Å². The Morgan fingerprint density at radius 3 is 2.95 bits per heavy atom. The van der Waals surface area contributed by atoms with Crippen molar-refractivity contribution < 1.29 is 9.90 Å². The molecule has 1 aromatic heterocycles. The molecule has 5 nitrogen and oxygen atoms in total. The summed E-state index contributed by atoms with van der Waals surface area (Å²) in [4.78, 5) is 12.1. The van der Waals surface area contributed by atoms with Gasteiger partial charge in [-0.25, -0.2) is 0 Å². The van der Waals surface area contributed by atoms with Crippen LogP contribution in [0.3, 0.4) is 0 Å². The number of hydrogen-bond acceptors (Lipinski definition) is 4. The maximum absolute atomic E-state index is 12.1. The lowest BCUT2D eigenvalue weighted by molar-refractivity contribution is 0.102. The van der Waals surface area contributed by atoms with Crippen LogP contribution in [-0.4, -0.2) is 27.8 Å². The zero-order chi connectivity index (χ0) is 14.4. The Bertz CT molecular complexity index is 673. The molecule has 2 aromatic rings. The van der Waals surface area contributed by atoms with Crippen LogP contribution < -0.4 is 5.32 Å². The number of hydrogen-bond donors (Lipinski definition) is 2. The van der Waals surface area contributed by atoms with Gasteiger partial charge in [0.2, 0.25) is 0 Å². The second kappa shape index (κ2) is 6.45. The highest BCUT2D eigenvalue weighted by molar-refractivity contribution is 6.04. The van der Waals surface area contributed by atoms with Crippen LogP contribution in [0, 0.1) is 18.8 Å². The highest BCUT2D eigenvalue weighted by Crippen LogP contribution is 2.12. The molecule has 20 heavy (non-hydrogen) atoms. The second-order valence-electron chi connectivity index (χ2n) is 4.05. The van der Waals surface area contributed by atoms with E-state index in [0.717, 1.165) is 5.56 Å². The van der Waals surface area contributed by atoms with E-state index in [4.69, 9.17) is 5.11 Å². The van der Waals surface area contributed by atoms with Crippen LogP contribution in [0.5, 0.6) is 0 Å². The molecule has 0 atom stereocenters. The average Bonchev–Trinajstić information content (AvgIpc) is 2.47. The van der Waals surface area contributed by atoms with Gasteiger partial charge in [0.15, 0.2) is 5.82 Å². The number of nitrogens with zero attached hydrogens (tertiary/aromatic N) is 2. The number of aromatic nitrogens is 2. The Hall–Kier alpha value is -2.71. The molecular formula is C15H13N3O2. The number of rotatable bonds is 2. The van der Waals surface area contributed by atoms with E-state index in [1.165, 1.54) is 6.20 Å². The van der Waals surface area contributed by atoms with E-state index in [2.05, 4.69) is 27.4 Å². The lowest BCUT2D eigenvalue weighted by Gasteiger charge is -2.05. The molecule has 0 bridgehead atoms. The molecule has 1 amide bonds. The summed E-state index contributed by atoms with van der Waals surface area (Å²) < 4.78 is 0. The summed E-state index contributed by atoms with van der Waals surface area (Å²) in [5, 5.41) is 18.9. The van der Waals surface area contributed by atoms with E-state index in [0.29, 0.717) is 16.9 Å². The Morgan fingerprint density at radius 1 is 1.40 bits per heavy atom. The number of amides is 1. The van der Waals surface area contributed by atoms with Gasteiger partial charge >= 0.3 is 0 Å². The van der Waals surface area contributed by atoms with Crippen LogP contribution in [0.25, 0.3) is 0 Å². The minimum atomic E-state index is -0.280. The SMILES string of the molecule is Cc1ccc(C(=O)Nc2cccnn2)cc1C#CCO. The van der Waals surface area contributed by atoms with Crippen molar-refractivity contribution in [3.05, 3.63) is 53.2 Å². The van der Waals surface area contributed by atoms with E-state index < -0.39 is 0 Å². The summed E-state index contributed by atoms with van der Waals surface area (Å²) >= 11 is 0. The van der Waals surface area contributed by atoms with Gasteiger partial charge in [-0.05, 0) is 36.8 Å². The maximum atomic E-state index is 12.1. The number of benzene rings is 1. The van der Waals surface area contributed by atoms with Gasteiger partial charge < -0.3 is 10.4 Å². The maximum Gasteiger partial charge on any atom is 0.256 e. The van der Waals surface area contributed by atoms with E-state index >= 15 is 0 Å². The molecule has 0 spiro atoms. The first-order valence-corrected chi connectivity index (χ1v) is 6.00. The number of carbonyl (C=O) groups excluding carboxylic acids is 1. The minimum absolute atomic E-state index is 0.213. The first kappa shape index (κ1) is 13.7. The van der Waals surface area contributed by atoms with Crippen LogP contribution in [0.2, 0.25) is 0 Å². The monoisotopic (exact) mass is 267 g/mol. The molecular weight excluding hydrogens is 254 g/mol. The van der Waals surface area contributed by atoms with E-state index in [1.54, 1.807) is 24.3 Å². The van der Waals surface area contributed by atoms with Gasteiger partial charge in [0.1, 0.15) is 6.61 Å². The van der Waals surface area contributed by atoms with Crippen molar-refractivity contribution in [1.82, 2.24) is 10.2 Å². The van der Waals surface area contributed by atoms with Crippen LogP contribution in [-0.2, 0) is 0 Å². The molecule has 0 radical (unpaired) electrons. The van der Waals surface area contributed by atoms with Crippen molar-refractivity contribution in [2.45, 2.75) is 6.92 Å². The lowest BCUT2D eigenvalue weighted by atomic mass is 10.0. The predicted molar refractivity (Wildman–Crippen MR) is 75.1 cm³/mol. The fourth-order valence-electron chi connectivity index (χ4n) is 1.59. The molecule has 0 aliphatic rings.